The lowest BCUT2D eigenvalue weighted by Gasteiger charge is -2.28. The van der Waals surface area contributed by atoms with Gasteiger partial charge in [0.15, 0.2) is 0 Å². The largest absolute Gasteiger partial charge is 0.378 e. The van der Waals surface area contributed by atoms with Crippen LogP contribution in [0.5, 0.6) is 0 Å². The van der Waals surface area contributed by atoms with E-state index in [0.29, 0.717) is 6.04 Å². The first-order chi connectivity index (χ1) is 8.58. The van der Waals surface area contributed by atoms with E-state index in [0.717, 1.165) is 32.8 Å². The Morgan fingerprint density at radius 1 is 1.61 bits per heavy atom. The summed E-state index contributed by atoms with van der Waals surface area (Å²) in [6, 6.07) is 2.67. The lowest BCUT2D eigenvalue weighted by atomic mass is 9.91. The zero-order valence-corrected chi connectivity index (χ0v) is 13.4. The summed E-state index contributed by atoms with van der Waals surface area (Å²) in [5.74, 6) is 0. The van der Waals surface area contributed by atoms with Crippen molar-refractivity contribution in [3.8, 4) is 0 Å². The molecule has 2 N–H and O–H groups in total. The Kier molecular flexibility index (Phi) is 5.21. The molecule has 1 atom stereocenters. The molecule has 5 heteroatoms. The van der Waals surface area contributed by atoms with E-state index in [-0.39, 0.29) is 5.41 Å². The first-order valence-corrected chi connectivity index (χ1v) is 8.01. The minimum atomic E-state index is 0.173. The van der Waals surface area contributed by atoms with Crippen LogP contribution in [0.4, 0.5) is 0 Å². The van der Waals surface area contributed by atoms with Crippen LogP contribution in [-0.2, 0) is 10.2 Å². The van der Waals surface area contributed by atoms with E-state index in [9.17, 15) is 0 Å². The molecule has 1 saturated heterocycles. The minimum absolute atomic E-state index is 0.173. The fourth-order valence-corrected chi connectivity index (χ4v) is 3.62. The van der Waals surface area contributed by atoms with Crippen molar-refractivity contribution in [2.75, 3.05) is 32.8 Å². The first kappa shape index (κ1) is 14.5. The second kappa shape index (κ2) is 6.48. The molecular weight excluding hydrogens is 312 g/mol. The molecule has 3 nitrogen and oxygen atoms in total. The Morgan fingerprint density at radius 2 is 2.44 bits per heavy atom. The second-order valence-electron chi connectivity index (χ2n) is 5.37. The lowest BCUT2D eigenvalue weighted by molar-refractivity contribution is 0.0764. The molecule has 1 unspecified atom stereocenters. The van der Waals surface area contributed by atoms with E-state index in [1.54, 1.807) is 0 Å². The summed E-state index contributed by atoms with van der Waals surface area (Å²) in [6.45, 7) is 9.14. The van der Waals surface area contributed by atoms with Crippen molar-refractivity contribution in [1.29, 1.82) is 0 Å². The molecule has 0 saturated carbocycles. The van der Waals surface area contributed by atoms with Crippen molar-refractivity contribution in [2.45, 2.75) is 25.3 Å². The third kappa shape index (κ3) is 4.03. The van der Waals surface area contributed by atoms with E-state index in [2.05, 4.69) is 51.9 Å². The Morgan fingerprint density at radius 3 is 3.06 bits per heavy atom. The van der Waals surface area contributed by atoms with Gasteiger partial charge in [-0.3, -0.25) is 0 Å². The minimum Gasteiger partial charge on any atom is -0.378 e. The van der Waals surface area contributed by atoms with E-state index in [1.165, 1.54) is 9.35 Å². The maximum atomic E-state index is 5.45. The molecule has 0 amide bonds. The average Bonchev–Trinajstić information content (AvgIpc) is 2.78. The summed E-state index contributed by atoms with van der Waals surface area (Å²) in [7, 11) is 0. The van der Waals surface area contributed by atoms with Crippen LogP contribution in [0.25, 0.3) is 0 Å². The molecule has 2 rings (SSSR count). The van der Waals surface area contributed by atoms with Gasteiger partial charge in [-0.2, -0.15) is 0 Å². The number of thiophene rings is 1. The van der Waals surface area contributed by atoms with Gasteiger partial charge in [0, 0.05) is 45.8 Å². The Hall–Kier alpha value is 0.0600. The normalized spacial score (nSPS) is 21.2. The lowest BCUT2D eigenvalue weighted by Crippen LogP contribution is -2.48. The quantitative estimate of drug-likeness (QED) is 0.868. The van der Waals surface area contributed by atoms with E-state index >= 15 is 0 Å². The summed E-state index contributed by atoms with van der Waals surface area (Å²) >= 11 is 5.33. The second-order valence-corrected chi connectivity index (χ2v) is 7.20. The van der Waals surface area contributed by atoms with Crippen molar-refractivity contribution >= 4 is 27.3 Å². The van der Waals surface area contributed by atoms with Crippen LogP contribution in [0.1, 0.15) is 18.7 Å². The van der Waals surface area contributed by atoms with Gasteiger partial charge in [-0.15, -0.1) is 11.3 Å². The van der Waals surface area contributed by atoms with Crippen LogP contribution < -0.4 is 10.6 Å². The fraction of sp³-hybridized carbons (Fsp3) is 0.692. The van der Waals surface area contributed by atoms with Crippen LogP contribution in [0.3, 0.4) is 0 Å². The third-order valence-electron chi connectivity index (χ3n) is 3.19. The summed E-state index contributed by atoms with van der Waals surface area (Å²) < 4.78 is 6.62. The summed E-state index contributed by atoms with van der Waals surface area (Å²) in [5.41, 5.74) is 0.173. The van der Waals surface area contributed by atoms with Crippen molar-refractivity contribution < 1.29 is 4.74 Å². The number of morpholine rings is 1. The van der Waals surface area contributed by atoms with Crippen molar-refractivity contribution in [3.63, 3.8) is 0 Å². The number of rotatable bonds is 5. The standard InChI is InChI=1S/C13H21BrN2OS/c1-13(2,12-5-10(14)8-18-12)9-15-6-11-7-17-4-3-16-11/h5,8,11,15-16H,3-4,6-7,9H2,1-2H3. The SMILES string of the molecule is CC(C)(CNCC1COCCN1)c1cc(Br)cs1. The van der Waals surface area contributed by atoms with Crippen molar-refractivity contribution in [1.82, 2.24) is 10.6 Å². The van der Waals surface area contributed by atoms with Gasteiger partial charge in [0.05, 0.1) is 13.2 Å². The van der Waals surface area contributed by atoms with Gasteiger partial charge < -0.3 is 15.4 Å². The van der Waals surface area contributed by atoms with E-state index < -0.39 is 0 Å². The highest BCUT2D eigenvalue weighted by atomic mass is 79.9. The molecule has 102 valence electrons. The Balaban J connectivity index is 1.78. The summed E-state index contributed by atoms with van der Waals surface area (Å²) in [6.07, 6.45) is 0. The highest BCUT2D eigenvalue weighted by Crippen LogP contribution is 2.30. The monoisotopic (exact) mass is 332 g/mol. The molecule has 1 fully saturated rings. The number of ether oxygens (including phenoxy) is 1. The van der Waals surface area contributed by atoms with Crippen LogP contribution in [0.2, 0.25) is 0 Å². The van der Waals surface area contributed by atoms with Crippen LogP contribution in [-0.4, -0.2) is 38.9 Å². The number of hydrogen-bond donors (Lipinski definition) is 2. The fourth-order valence-electron chi connectivity index (χ4n) is 2.06. The maximum absolute atomic E-state index is 5.45. The smallest absolute Gasteiger partial charge is 0.0632 e. The van der Waals surface area contributed by atoms with E-state index in [4.69, 9.17) is 4.74 Å². The van der Waals surface area contributed by atoms with Gasteiger partial charge in [0.1, 0.15) is 0 Å². The molecular formula is C13H21BrN2OS. The van der Waals surface area contributed by atoms with Crippen LogP contribution in [0.15, 0.2) is 15.9 Å². The average molecular weight is 333 g/mol. The summed E-state index contributed by atoms with van der Waals surface area (Å²) in [4.78, 5) is 1.41. The highest BCUT2D eigenvalue weighted by Gasteiger charge is 2.23. The van der Waals surface area contributed by atoms with Crippen LogP contribution in [0, 0.1) is 0 Å². The molecule has 1 aliphatic heterocycles. The topological polar surface area (TPSA) is 33.3 Å². The first-order valence-electron chi connectivity index (χ1n) is 6.34. The van der Waals surface area contributed by atoms with Gasteiger partial charge in [0.25, 0.3) is 0 Å². The molecule has 0 aromatic carbocycles. The number of nitrogens with one attached hydrogen (secondary N) is 2. The Bertz CT molecular complexity index is 375. The van der Waals surface area contributed by atoms with Gasteiger partial charge in [-0.05, 0) is 22.0 Å². The van der Waals surface area contributed by atoms with Gasteiger partial charge in [0.2, 0.25) is 0 Å². The zero-order chi connectivity index (χ0) is 13.0. The number of halogens is 1. The highest BCUT2D eigenvalue weighted by molar-refractivity contribution is 9.10. The maximum Gasteiger partial charge on any atom is 0.0632 e. The predicted octanol–water partition coefficient (Wildman–Crippen LogP) is 2.37. The van der Waals surface area contributed by atoms with Gasteiger partial charge in [-0.25, -0.2) is 0 Å². The Labute approximate surface area is 121 Å². The molecule has 1 aromatic rings. The third-order valence-corrected chi connectivity index (χ3v) is 5.25. The molecule has 1 aromatic heterocycles. The van der Waals surface area contributed by atoms with Gasteiger partial charge >= 0.3 is 0 Å². The molecule has 0 spiro atoms. The molecule has 2 heterocycles. The van der Waals surface area contributed by atoms with E-state index in [1.807, 2.05) is 11.3 Å². The molecule has 1 aliphatic rings. The van der Waals surface area contributed by atoms with Crippen molar-refractivity contribution in [2.24, 2.45) is 0 Å². The van der Waals surface area contributed by atoms with Crippen LogP contribution >= 0.6 is 27.3 Å². The molecule has 0 aliphatic carbocycles. The molecule has 0 bridgehead atoms. The van der Waals surface area contributed by atoms with Crippen molar-refractivity contribution in [3.05, 3.63) is 20.8 Å². The predicted molar refractivity (Wildman–Crippen MR) is 80.5 cm³/mol. The van der Waals surface area contributed by atoms with Gasteiger partial charge in [-0.1, -0.05) is 13.8 Å². The number of hydrogen-bond acceptors (Lipinski definition) is 4. The zero-order valence-electron chi connectivity index (χ0n) is 11.0. The summed E-state index contributed by atoms with van der Waals surface area (Å²) in [5, 5.41) is 9.16. The molecule has 0 radical (unpaired) electrons. The molecule has 18 heavy (non-hydrogen) atoms.